The Morgan fingerprint density at radius 2 is 1.81 bits per heavy atom. The van der Waals surface area contributed by atoms with Crippen molar-refractivity contribution in [2.75, 3.05) is 12.5 Å². The van der Waals surface area contributed by atoms with Gasteiger partial charge in [0.1, 0.15) is 5.75 Å². The van der Waals surface area contributed by atoms with Gasteiger partial charge >= 0.3 is 12.0 Å². The average molecular weight is 289 g/mol. The molecule has 0 radical (unpaired) electrons. The van der Waals surface area contributed by atoms with E-state index in [9.17, 15) is 0 Å². The lowest BCUT2D eigenvalue weighted by atomic mass is 9.87. The third kappa shape index (κ3) is 3.79. The van der Waals surface area contributed by atoms with Gasteiger partial charge in [0, 0.05) is 0 Å². The van der Waals surface area contributed by atoms with Gasteiger partial charge in [0.2, 0.25) is 5.95 Å². The molecule has 0 amide bonds. The summed E-state index contributed by atoms with van der Waals surface area (Å²) in [6, 6.07) is 8.00. The van der Waals surface area contributed by atoms with E-state index >= 15 is 0 Å². The minimum Gasteiger partial charge on any atom is -0.467 e. The number of hydrogen-bond acceptors (Lipinski definition) is 7. The van der Waals surface area contributed by atoms with E-state index in [2.05, 4.69) is 41.1 Å². The largest absolute Gasteiger partial charge is 0.467 e. The van der Waals surface area contributed by atoms with Gasteiger partial charge in [0.25, 0.3) is 0 Å². The molecular weight excluding hydrogens is 270 g/mol. The summed E-state index contributed by atoms with van der Waals surface area (Å²) in [5.74, 6) is 6.11. The van der Waals surface area contributed by atoms with Gasteiger partial charge in [0.05, 0.1) is 7.11 Å². The highest BCUT2D eigenvalue weighted by Crippen LogP contribution is 2.27. The lowest BCUT2D eigenvalue weighted by Crippen LogP contribution is -2.12. The number of rotatable bonds is 4. The Morgan fingerprint density at radius 3 is 2.43 bits per heavy atom. The lowest BCUT2D eigenvalue weighted by Gasteiger charge is -2.19. The van der Waals surface area contributed by atoms with Gasteiger partial charge in [-0.2, -0.15) is 9.97 Å². The third-order valence-corrected chi connectivity index (χ3v) is 2.82. The molecule has 0 fully saturated rings. The number of hydrazine groups is 1. The Hall–Kier alpha value is -2.41. The predicted molar refractivity (Wildman–Crippen MR) is 79.4 cm³/mol. The summed E-state index contributed by atoms with van der Waals surface area (Å²) in [6.45, 7) is 6.40. The van der Waals surface area contributed by atoms with E-state index < -0.39 is 0 Å². The second-order valence-electron chi connectivity index (χ2n) is 5.45. The SMILES string of the molecule is COc1nc(NN)nc(Oc2cccc(C(C)(C)C)c2)n1. The molecular formula is C14H19N5O2. The summed E-state index contributed by atoms with van der Waals surface area (Å²) in [6.07, 6.45) is 0. The zero-order valence-corrected chi connectivity index (χ0v) is 12.5. The monoisotopic (exact) mass is 289 g/mol. The summed E-state index contributed by atoms with van der Waals surface area (Å²) in [5.41, 5.74) is 3.52. The number of anilines is 1. The van der Waals surface area contributed by atoms with Crippen molar-refractivity contribution in [2.24, 2.45) is 5.84 Å². The summed E-state index contributed by atoms with van der Waals surface area (Å²) < 4.78 is 10.6. The van der Waals surface area contributed by atoms with Crippen molar-refractivity contribution in [3.05, 3.63) is 29.8 Å². The van der Waals surface area contributed by atoms with Gasteiger partial charge < -0.3 is 9.47 Å². The molecule has 3 N–H and O–H groups in total. The molecule has 0 aliphatic carbocycles. The summed E-state index contributed by atoms with van der Waals surface area (Å²) in [4.78, 5) is 12.0. The molecule has 0 unspecified atom stereocenters. The first kappa shape index (κ1) is 15.0. The van der Waals surface area contributed by atoms with Crippen LogP contribution in [-0.2, 0) is 5.41 Å². The molecule has 1 aromatic heterocycles. The topological polar surface area (TPSA) is 95.2 Å². The van der Waals surface area contributed by atoms with Crippen molar-refractivity contribution in [2.45, 2.75) is 26.2 Å². The van der Waals surface area contributed by atoms with E-state index in [0.717, 1.165) is 5.56 Å². The van der Waals surface area contributed by atoms with Gasteiger partial charge in [-0.05, 0) is 23.1 Å². The molecule has 0 saturated carbocycles. The highest BCUT2D eigenvalue weighted by molar-refractivity contribution is 5.35. The third-order valence-electron chi connectivity index (χ3n) is 2.82. The normalized spacial score (nSPS) is 11.1. The van der Waals surface area contributed by atoms with Crippen molar-refractivity contribution in [3.8, 4) is 17.8 Å². The van der Waals surface area contributed by atoms with Gasteiger partial charge in [-0.25, -0.2) is 5.84 Å². The van der Waals surface area contributed by atoms with Crippen LogP contribution in [0.2, 0.25) is 0 Å². The fourth-order valence-electron chi connectivity index (χ4n) is 1.67. The summed E-state index contributed by atoms with van der Waals surface area (Å²) in [5, 5.41) is 0. The molecule has 7 nitrogen and oxygen atoms in total. The standard InChI is InChI=1S/C14H19N5O2/c1-14(2,3)9-6-5-7-10(8-9)21-13-17-11(19-15)16-12(18-13)20-4/h5-8H,15H2,1-4H3,(H,16,17,18,19). The summed E-state index contributed by atoms with van der Waals surface area (Å²) in [7, 11) is 1.46. The zero-order valence-electron chi connectivity index (χ0n) is 12.5. The quantitative estimate of drug-likeness (QED) is 0.658. The van der Waals surface area contributed by atoms with Gasteiger partial charge in [0.15, 0.2) is 0 Å². The number of benzene rings is 1. The van der Waals surface area contributed by atoms with Crippen LogP contribution in [0.4, 0.5) is 5.95 Å². The van der Waals surface area contributed by atoms with Crippen molar-refractivity contribution in [1.82, 2.24) is 15.0 Å². The highest BCUT2D eigenvalue weighted by Gasteiger charge is 2.15. The molecule has 21 heavy (non-hydrogen) atoms. The number of ether oxygens (including phenoxy) is 2. The molecule has 112 valence electrons. The fourth-order valence-corrected chi connectivity index (χ4v) is 1.67. The Morgan fingerprint density at radius 1 is 1.10 bits per heavy atom. The number of nitrogen functional groups attached to an aromatic ring is 1. The molecule has 1 aromatic carbocycles. The maximum Gasteiger partial charge on any atom is 0.330 e. The molecule has 0 saturated heterocycles. The van der Waals surface area contributed by atoms with Crippen LogP contribution in [0.1, 0.15) is 26.3 Å². The maximum atomic E-state index is 5.66. The molecule has 7 heteroatoms. The summed E-state index contributed by atoms with van der Waals surface area (Å²) >= 11 is 0. The minimum absolute atomic E-state index is 0.0279. The average Bonchev–Trinajstić information content (AvgIpc) is 2.46. The van der Waals surface area contributed by atoms with E-state index in [1.807, 2.05) is 24.3 Å². The van der Waals surface area contributed by atoms with Crippen molar-refractivity contribution < 1.29 is 9.47 Å². The molecule has 0 aliphatic heterocycles. The van der Waals surface area contributed by atoms with Crippen LogP contribution in [0.25, 0.3) is 0 Å². The second-order valence-corrected chi connectivity index (χ2v) is 5.45. The van der Waals surface area contributed by atoms with E-state index in [-0.39, 0.29) is 23.4 Å². The fraction of sp³-hybridized carbons (Fsp3) is 0.357. The van der Waals surface area contributed by atoms with Crippen LogP contribution < -0.4 is 20.7 Å². The zero-order chi connectivity index (χ0) is 15.5. The van der Waals surface area contributed by atoms with Gasteiger partial charge in [-0.1, -0.05) is 32.9 Å². The van der Waals surface area contributed by atoms with Gasteiger partial charge in [-0.3, -0.25) is 5.43 Å². The Labute approximate surface area is 123 Å². The van der Waals surface area contributed by atoms with Crippen molar-refractivity contribution >= 4 is 5.95 Å². The Balaban J connectivity index is 2.30. The minimum atomic E-state index is 0.0279. The van der Waals surface area contributed by atoms with Crippen LogP contribution >= 0.6 is 0 Å². The molecule has 2 aromatic rings. The number of nitrogens with one attached hydrogen (secondary N) is 1. The van der Waals surface area contributed by atoms with Crippen molar-refractivity contribution in [1.29, 1.82) is 0 Å². The number of hydrogen-bond donors (Lipinski definition) is 2. The molecule has 0 aliphatic rings. The van der Waals surface area contributed by atoms with Crippen LogP contribution in [0, 0.1) is 0 Å². The molecule has 1 heterocycles. The Kier molecular flexibility index (Phi) is 4.23. The number of aromatic nitrogens is 3. The van der Waals surface area contributed by atoms with Gasteiger partial charge in [-0.15, -0.1) is 4.98 Å². The smallest absolute Gasteiger partial charge is 0.330 e. The first-order chi connectivity index (χ1) is 9.92. The molecule has 2 rings (SSSR count). The van der Waals surface area contributed by atoms with Crippen LogP contribution in [0.5, 0.6) is 17.8 Å². The van der Waals surface area contributed by atoms with E-state index in [1.54, 1.807) is 0 Å². The van der Waals surface area contributed by atoms with Crippen LogP contribution in [0.3, 0.4) is 0 Å². The van der Waals surface area contributed by atoms with Crippen LogP contribution in [0.15, 0.2) is 24.3 Å². The second kappa shape index (κ2) is 5.92. The van der Waals surface area contributed by atoms with Crippen molar-refractivity contribution in [3.63, 3.8) is 0 Å². The first-order valence-electron chi connectivity index (χ1n) is 6.47. The molecule has 0 atom stereocenters. The number of nitrogens with two attached hydrogens (primary N) is 1. The Bertz CT molecular complexity index is 603. The van der Waals surface area contributed by atoms with E-state index in [4.69, 9.17) is 15.3 Å². The predicted octanol–water partition coefficient (Wildman–Crippen LogP) is 2.26. The number of methoxy groups -OCH3 is 1. The van der Waals surface area contributed by atoms with E-state index in [1.165, 1.54) is 7.11 Å². The maximum absolute atomic E-state index is 5.66. The lowest BCUT2D eigenvalue weighted by molar-refractivity contribution is 0.360. The molecule has 0 bridgehead atoms. The number of nitrogens with zero attached hydrogens (tertiary/aromatic N) is 3. The van der Waals surface area contributed by atoms with Crippen LogP contribution in [-0.4, -0.2) is 22.1 Å². The first-order valence-corrected chi connectivity index (χ1v) is 6.47. The highest BCUT2D eigenvalue weighted by atomic mass is 16.5. The molecule has 0 spiro atoms. The van der Waals surface area contributed by atoms with E-state index in [0.29, 0.717) is 5.75 Å².